The Labute approximate surface area is 173 Å². The number of carbonyl (C=O) groups excluding carboxylic acids is 1. The Bertz CT molecular complexity index is 1010. The first-order valence-electron chi connectivity index (χ1n) is 9.08. The van der Waals surface area contributed by atoms with E-state index in [9.17, 15) is 4.79 Å². The minimum atomic E-state index is -0.0301. The first-order valence-corrected chi connectivity index (χ1v) is 9.87. The van der Waals surface area contributed by atoms with Crippen LogP contribution in [0.4, 0.5) is 0 Å². The summed E-state index contributed by atoms with van der Waals surface area (Å²) < 4.78 is 17.2. The number of nitrogens with one attached hydrogen (secondary N) is 1. The predicted molar refractivity (Wildman–Crippen MR) is 113 cm³/mol. The number of hydrogen-bond acceptors (Lipinski definition) is 4. The maximum Gasteiger partial charge on any atom is 0.224 e. The van der Waals surface area contributed by atoms with Crippen LogP contribution in [-0.2, 0) is 17.6 Å². The van der Waals surface area contributed by atoms with Crippen molar-refractivity contribution in [1.82, 2.24) is 5.32 Å². The molecule has 0 atom stereocenters. The van der Waals surface area contributed by atoms with Crippen LogP contribution in [0.5, 0.6) is 11.5 Å². The molecular weight excluding hydrogens is 422 g/mol. The fourth-order valence-electron chi connectivity index (χ4n) is 3.19. The molecule has 0 aliphatic rings. The van der Waals surface area contributed by atoms with Gasteiger partial charge in [0.1, 0.15) is 5.58 Å². The van der Waals surface area contributed by atoms with Gasteiger partial charge in [0.25, 0.3) is 0 Å². The molecule has 1 amide bonds. The van der Waals surface area contributed by atoms with Gasteiger partial charge in [0.15, 0.2) is 11.5 Å². The Morgan fingerprint density at radius 1 is 1.11 bits per heavy atom. The first kappa shape index (κ1) is 20.3. The summed E-state index contributed by atoms with van der Waals surface area (Å²) in [4.78, 5) is 12.4. The number of rotatable bonds is 7. The largest absolute Gasteiger partial charge is 0.493 e. The highest BCUT2D eigenvalue weighted by Gasteiger charge is 2.13. The SMILES string of the molecule is COc1cc(Br)c(CCNC(=O)Cc2coc3c(C)c(C)ccc23)cc1OC. The summed E-state index contributed by atoms with van der Waals surface area (Å²) in [5.41, 5.74) is 5.10. The molecule has 1 aromatic heterocycles. The molecule has 0 saturated heterocycles. The molecule has 1 heterocycles. The Morgan fingerprint density at radius 2 is 1.82 bits per heavy atom. The molecule has 0 fully saturated rings. The number of hydrogen-bond donors (Lipinski definition) is 1. The van der Waals surface area contributed by atoms with E-state index in [0.29, 0.717) is 30.9 Å². The number of amides is 1. The lowest BCUT2D eigenvalue weighted by atomic mass is 10.0. The van der Waals surface area contributed by atoms with Crippen LogP contribution < -0.4 is 14.8 Å². The highest BCUT2D eigenvalue weighted by atomic mass is 79.9. The summed E-state index contributed by atoms with van der Waals surface area (Å²) >= 11 is 3.55. The van der Waals surface area contributed by atoms with E-state index in [1.807, 2.05) is 25.1 Å². The molecule has 28 heavy (non-hydrogen) atoms. The summed E-state index contributed by atoms with van der Waals surface area (Å²) in [6.07, 6.45) is 2.65. The van der Waals surface area contributed by atoms with Crippen LogP contribution >= 0.6 is 15.9 Å². The van der Waals surface area contributed by atoms with Crippen LogP contribution in [0.3, 0.4) is 0 Å². The van der Waals surface area contributed by atoms with Crippen molar-refractivity contribution < 1.29 is 18.7 Å². The van der Waals surface area contributed by atoms with Crippen molar-refractivity contribution in [2.24, 2.45) is 0 Å². The summed E-state index contributed by atoms with van der Waals surface area (Å²) in [6, 6.07) is 7.87. The molecule has 0 radical (unpaired) electrons. The molecule has 3 rings (SSSR count). The third kappa shape index (κ3) is 4.17. The van der Waals surface area contributed by atoms with Gasteiger partial charge in [-0.15, -0.1) is 0 Å². The molecule has 0 unspecified atom stereocenters. The molecule has 5 nitrogen and oxygen atoms in total. The minimum Gasteiger partial charge on any atom is -0.493 e. The second-order valence-electron chi connectivity index (χ2n) is 6.72. The summed E-state index contributed by atoms with van der Waals surface area (Å²) in [7, 11) is 3.21. The van der Waals surface area contributed by atoms with E-state index >= 15 is 0 Å². The van der Waals surface area contributed by atoms with E-state index < -0.39 is 0 Å². The van der Waals surface area contributed by atoms with Gasteiger partial charge in [0.05, 0.1) is 26.9 Å². The molecule has 1 N–H and O–H groups in total. The third-order valence-corrected chi connectivity index (χ3v) is 5.70. The zero-order chi connectivity index (χ0) is 20.3. The number of carbonyl (C=O) groups is 1. The van der Waals surface area contributed by atoms with Crippen LogP contribution in [-0.4, -0.2) is 26.7 Å². The van der Waals surface area contributed by atoms with Crippen molar-refractivity contribution in [2.45, 2.75) is 26.7 Å². The maximum atomic E-state index is 12.4. The Kier molecular flexibility index (Phi) is 6.29. The van der Waals surface area contributed by atoms with Crippen molar-refractivity contribution in [1.29, 1.82) is 0 Å². The molecule has 2 aromatic carbocycles. The van der Waals surface area contributed by atoms with Gasteiger partial charge >= 0.3 is 0 Å². The molecule has 6 heteroatoms. The lowest BCUT2D eigenvalue weighted by Gasteiger charge is -2.12. The highest BCUT2D eigenvalue weighted by Crippen LogP contribution is 2.33. The van der Waals surface area contributed by atoms with E-state index in [0.717, 1.165) is 32.1 Å². The number of halogens is 1. The maximum absolute atomic E-state index is 12.4. The Hall–Kier alpha value is -2.47. The first-order chi connectivity index (χ1) is 13.4. The van der Waals surface area contributed by atoms with Crippen LogP contribution in [0, 0.1) is 13.8 Å². The number of aryl methyl sites for hydroxylation is 2. The smallest absolute Gasteiger partial charge is 0.224 e. The quantitative estimate of drug-likeness (QED) is 0.570. The molecule has 0 bridgehead atoms. The van der Waals surface area contributed by atoms with Crippen molar-refractivity contribution >= 4 is 32.8 Å². The number of fused-ring (bicyclic) bond motifs is 1. The Morgan fingerprint density at radius 3 is 2.54 bits per heavy atom. The van der Waals surface area contributed by atoms with E-state index in [2.05, 4.69) is 34.2 Å². The molecule has 0 aliphatic carbocycles. The second kappa shape index (κ2) is 8.69. The van der Waals surface area contributed by atoms with E-state index in [1.165, 1.54) is 5.56 Å². The molecule has 148 valence electrons. The molecule has 0 spiro atoms. The average Bonchev–Trinajstić information content (AvgIpc) is 3.08. The fourth-order valence-corrected chi connectivity index (χ4v) is 3.71. The van der Waals surface area contributed by atoms with Gasteiger partial charge in [-0.2, -0.15) is 0 Å². The van der Waals surface area contributed by atoms with Gasteiger partial charge in [0, 0.05) is 22.0 Å². The van der Waals surface area contributed by atoms with Gasteiger partial charge in [0.2, 0.25) is 5.91 Å². The average molecular weight is 446 g/mol. The van der Waals surface area contributed by atoms with Crippen LogP contribution in [0.15, 0.2) is 39.4 Å². The highest BCUT2D eigenvalue weighted by molar-refractivity contribution is 9.10. The summed E-state index contributed by atoms with van der Waals surface area (Å²) in [5, 5.41) is 3.98. The van der Waals surface area contributed by atoms with Crippen molar-refractivity contribution in [2.75, 3.05) is 20.8 Å². The van der Waals surface area contributed by atoms with Gasteiger partial charge < -0.3 is 19.2 Å². The molecule has 0 aliphatic heterocycles. The van der Waals surface area contributed by atoms with E-state index in [1.54, 1.807) is 20.5 Å². The van der Waals surface area contributed by atoms with Gasteiger partial charge in [-0.25, -0.2) is 0 Å². The molecule has 3 aromatic rings. The standard InChI is InChI=1S/C22H24BrNO4/c1-13-5-6-17-16(12-28-22(17)14(13)2)10-21(25)24-8-7-15-9-19(26-3)20(27-4)11-18(15)23/h5-6,9,11-12H,7-8,10H2,1-4H3,(H,24,25). The number of furan rings is 1. The van der Waals surface area contributed by atoms with E-state index in [-0.39, 0.29) is 5.91 Å². The normalized spacial score (nSPS) is 10.9. The lowest BCUT2D eigenvalue weighted by molar-refractivity contribution is -0.120. The van der Waals surface area contributed by atoms with Gasteiger partial charge in [-0.3, -0.25) is 4.79 Å². The summed E-state index contributed by atoms with van der Waals surface area (Å²) in [5.74, 6) is 1.31. The van der Waals surface area contributed by atoms with Gasteiger partial charge in [-0.1, -0.05) is 28.1 Å². The van der Waals surface area contributed by atoms with Gasteiger partial charge in [-0.05, 0) is 49.1 Å². The third-order valence-electron chi connectivity index (χ3n) is 4.96. The van der Waals surface area contributed by atoms with Crippen LogP contribution in [0.2, 0.25) is 0 Å². The lowest BCUT2D eigenvalue weighted by Crippen LogP contribution is -2.27. The van der Waals surface area contributed by atoms with Crippen molar-refractivity contribution in [3.8, 4) is 11.5 Å². The van der Waals surface area contributed by atoms with Crippen LogP contribution in [0.1, 0.15) is 22.3 Å². The Balaban J connectivity index is 1.62. The number of ether oxygens (including phenoxy) is 2. The summed E-state index contributed by atoms with van der Waals surface area (Å²) in [6.45, 7) is 4.61. The monoisotopic (exact) mass is 445 g/mol. The molecular formula is C22H24BrNO4. The second-order valence-corrected chi connectivity index (χ2v) is 7.57. The fraction of sp³-hybridized carbons (Fsp3) is 0.318. The number of benzene rings is 2. The minimum absolute atomic E-state index is 0.0301. The molecule has 0 saturated carbocycles. The zero-order valence-electron chi connectivity index (χ0n) is 16.5. The zero-order valence-corrected chi connectivity index (χ0v) is 18.1. The predicted octanol–water partition coefficient (Wildman–Crippen LogP) is 4.73. The van der Waals surface area contributed by atoms with Crippen molar-refractivity contribution in [3.63, 3.8) is 0 Å². The van der Waals surface area contributed by atoms with E-state index in [4.69, 9.17) is 13.9 Å². The van der Waals surface area contributed by atoms with Crippen molar-refractivity contribution in [3.05, 3.63) is 57.3 Å². The van der Waals surface area contributed by atoms with Crippen LogP contribution in [0.25, 0.3) is 11.0 Å². The number of methoxy groups -OCH3 is 2. The topological polar surface area (TPSA) is 60.7 Å².